The van der Waals surface area contributed by atoms with Crippen LogP contribution in [0.4, 0.5) is 0 Å². The molecule has 0 bridgehead atoms. The van der Waals surface area contributed by atoms with Crippen LogP contribution in [-0.4, -0.2) is 32.8 Å². The standard InChI is InChI=1S/C18H23NO4S/c1-4-23-17(20)15(19)11-14-9-10-16(24-14)12-5-7-13(8-6-12)18(21-2)22-3/h5-10,15,18H,4,11,19H2,1-3H3. The van der Waals surface area contributed by atoms with E-state index in [1.165, 1.54) is 0 Å². The normalized spacial score (nSPS) is 12.4. The zero-order valence-electron chi connectivity index (χ0n) is 14.2. The van der Waals surface area contributed by atoms with Crippen LogP contribution in [-0.2, 0) is 25.4 Å². The van der Waals surface area contributed by atoms with Crippen LogP contribution in [0.1, 0.15) is 23.7 Å². The van der Waals surface area contributed by atoms with Crippen LogP contribution < -0.4 is 5.73 Å². The second-order valence-corrected chi connectivity index (χ2v) is 6.42. The van der Waals surface area contributed by atoms with Gasteiger partial charge >= 0.3 is 5.97 Å². The third kappa shape index (κ3) is 4.64. The molecule has 2 aromatic rings. The van der Waals surface area contributed by atoms with Crippen molar-refractivity contribution in [2.24, 2.45) is 5.73 Å². The van der Waals surface area contributed by atoms with Gasteiger partial charge in [0, 0.05) is 36.0 Å². The molecule has 5 nitrogen and oxygen atoms in total. The Morgan fingerprint density at radius 3 is 2.38 bits per heavy atom. The summed E-state index contributed by atoms with van der Waals surface area (Å²) in [7, 11) is 3.22. The van der Waals surface area contributed by atoms with E-state index in [2.05, 4.69) is 0 Å². The lowest BCUT2D eigenvalue weighted by Gasteiger charge is -2.13. The van der Waals surface area contributed by atoms with Gasteiger partial charge in [-0.3, -0.25) is 4.79 Å². The zero-order chi connectivity index (χ0) is 17.5. The minimum Gasteiger partial charge on any atom is -0.465 e. The minimum atomic E-state index is -0.622. The predicted molar refractivity (Wildman–Crippen MR) is 94.8 cm³/mol. The Labute approximate surface area is 146 Å². The van der Waals surface area contributed by atoms with E-state index < -0.39 is 6.04 Å². The number of methoxy groups -OCH3 is 2. The second kappa shape index (κ2) is 8.94. The van der Waals surface area contributed by atoms with Gasteiger partial charge in [-0.25, -0.2) is 0 Å². The van der Waals surface area contributed by atoms with Crippen molar-refractivity contribution in [3.05, 3.63) is 46.8 Å². The monoisotopic (exact) mass is 349 g/mol. The molecule has 2 N–H and O–H groups in total. The number of thiophene rings is 1. The third-order valence-corrected chi connectivity index (χ3v) is 4.72. The molecule has 1 unspecified atom stereocenters. The fourth-order valence-electron chi connectivity index (χ4n) is 2.37. The quantitative estimate of drug-likeness (QED) is 0.586. The molecule has 0 spiro atoms. The Morgan fingerprint density at radius 2 is 1.79 bits per heavy atom. The van der Waals surface area contributed by atoms with Gasteiger partial charge in [0.2, 0.25) is 0 Å². The number of ether oxygens (including phenoxy) is 3. The Hall–Kier alpha value is -1.73. The van der Waals surface area contributed by atoms with Gasteiger partial charge < -0.3 is 19.9 Å². The van der Waals surface area contributed by atoms with Crippen LogP contribution in [0.5, 0.6) is 0 Å². The van der Waals surface area contributed by atoms with Gasteiger partial charge in [0.15, 0.2) is 6.29 Å². The highest BCUT2D eigenvalue weighted by molar-refractivity contribution is 7.15. The fraction of sp³-hybridized carbons (Fsp3) is 0.389. The van der Waals surface area contributed by atoms with E-state index in [1.807, 2.05) is 36.4 Å². The zero-order valence-corrected chi connectivity index (χ0v) is 15.0. The molecule has 0 aliphatic carbocycles. The largest absolute Gasteiger partial charge is 0.465 e. The topological polar surface area (TPSA) is 70.8 Å². The Kier molecular flexibility index (Phi) is 6.93. The molecular weight excluding hydrogens is 326 g/mol. The molecule has 1 aromatic heterocycles. The van der Waals surface area contributed by atoms with Gasteiger partial charge in [-0.15, -0.1) is 11.3 Å². The fourth-order valence-corrected chi connectivity index (χ4v) is 3.44. The van der Waals surface area contributed by atoms with E-state index in [9.17, 15) is 4.79 Å². The molecule has 24 heavy (non-hydrogen) atoms. The first-order valence-corrected chi connectivity index (χ1v) is 8.57. The van der Waals surface area contributed by atoms with Crippen molar-refractivity contribution in [2.45, 2.75) is 25.7 Å². The summed E-state index contributed by atoms with van der Waals surface area (Å²) in [4.78, 5) is 13.8. The van der Waals surface area contributed by atoms with E-state index in [0.717, 1.165) is 20.9 Å². The van der Waals surface area contributed by atoms with E-state index >= 15 is 0 Å². The van der Waals surface area contributed by atoms with Crippen molar-refractivity contribution in [1.82, 2.24) is 0 Å². The molecule has 130 valence electrons. The van der Waals surface area contributed by atoms with E-state index in [4.69, 9.17) is 19.9 Å². The highest BCUT2D eigenvalue weighted by atomic mass is 32.1. The van der Waals surface area contributed by atoms with Crippen LogP contribution >= 0.6 is 11.3 Å². The van der Waals surface area contributed by atoms with Crippen molar-refractivity contribution < 1.29 is 19.0 Å². The Balaban J connectivity index is 2.06. The average molecular weight is 349 g/mol. The molecular formula is C18H23NO4S. The molecule has 0 aliphatic rings. The summed E-state index contributed by atoms with van der Waals surface area (Å²) in [5.41, 5.74) is 7.94. The maximum absolute atomic E-state index is 11.6. The van der Waals surface area contributed by atoms with E-state index in [1.54, 1.807) is 32.5 Å². The molecule has 0 aliphatic heterocycles. The maximum Gasteiger partial charge on any atom is 0.323 e. The van der Waals surface area contributed by atoms with E-state index in [-0.39, 0.29) is 12.3 Å². The van der Waals surface area contributed by atoms with Crippen LogP contribution in [0.25, 0.3) is 10.4 Å². The summed E-state index contributed by atoms with van der Waals surface area (Å²) in [6.45, 7) is 2.12. The lowest BCUT2D eigenvalue weighted by Crippen LogP contribution is -2.34. The van der Waals surface area contributed by atoms with Crippen LogP contribution in [0.15, 0.2) is 36.4 Å². The Bertz CT molecular complexity index is 649. The van der Waals surface area contributed by atoms with Crippen molar-refractivity contribution in [2.75, 3.05) is 20.8 Å². The smallest absolute Gasteiger partial charge is 0.323 e. The van der Waals surface area contributed by atoms with Crippen LogP contribution in [0.3, 0.4) is 0 Å². The molecule has 1 aromatic carbocycles. The van der Waals surface area contributed by atoms with Gasteiger partial charge in [0.05, 0.1) is 6.61 Å². The first-order valence-electron chi connectivity index (χ1n) is 7.75. The maximum atomic E-state index is 11.6. The number of benzene rings is 1. The van der Waals surface area contributed by atoms with Crippen molar-refractivity contribution in [3.63, 3.8) is 0 Å². The van der Waals surface area contributed by atoms with Crippen LogP contribution in [0.2, 0.25) is 0 Å². The average Bonchev–Trinajstić information content (AvgIpc) is 3.05. The molecule has 1 heterocycles. The molecule has 0 saturated heterocycles. The van der Waals surface area contributed by atoms with Crippen molar-refractivity contribution >= 4 is 17.3 Å². The summed E-state index contributed by atoms with van der Waals surface area (Å²) in [5, 5.41) is 0. The minimum absolute atomic E-state index is 0.346. The SMILES string of the molecule is CCOC(=O)C(N)Cc1ccc(-c2ccc(C(OC)OC)cc2)s1. The first kappa shape index (κ1) is 18.6. The molecule has 1 atom stereocenters. The predicted octanol–water partition coefficient (Wildman–Crippen LogP) is 3.14. The third-order valence-electron chi connectivity index (χ3n) is 3.57. The number of rotatable bonds is 8. The van der Waals surface area contributed by atoms with Gasteiger partial charge in [-0.2, -0.15) is 0 Å². The first-order chi connectivity index (χ1) is 11.6. The number of carbonyl (C=O) groups excluding carboxylic acids is 1. The lowest BCUT2D eigenvalue weighted by atomic mass is 10.1. The molecule has 0 amide bonds. The molecule has 0 radical (unpaired) electrons. The van der Waals surface area contributed by atoms with Gasteiger partial charge in [-0.05, 0) is 24.6 Å². The second-order valence-electron chi connectivity index (χ2n) is 5.25. The highest BCUT2D eigenvalue weighted by Crippen LogP contribution is 2.30. The highest BCUT2D eigenvalue weighted by Gasteiger charge is 2.16. The van der Waals surface area contributed by atoms with Crippen molar-refractivity contribution in [1.29, 1.82) is 0 Å². The van der Waals surface area contributed by atoms with Crippen LogP contribution in [0, 0.1) is 0 Å². The number of hydrogen-bond donors (Lipinski definition) is 1. The molecule has 6 heteroatoms. The van der Waals surface area contributed by atoms with Crippen molar-refractivity contribution in [3.8, 4) is 10.4 Å². The number of hydrogen-bond acceptors (Lipinski definition) is 6. The van der Waals surface area contributed by atoms with Gasteiger partial charge in [-0.1, -0.05) is 24.3 Å². The van der Waals surface area contributed by atoms with Gasteiger partial charge in [0.25, 0.3) is 0 Å². The summed E-state index contributed by atoms with van der Waals surface area (Å²) in [6.07, 6.45) is 0.123. The van der Waals surface area contributed by atoms with E-state index in [0.29, 0.717) is 13.0 Å². The summed E-state index contributed by atoms with van der Waals surface area (Å²) < 4.78 is 15.4. The number of esters is 1. The molecule has 2 rings (SSSR count). The number of carbonyl (C=O) groups is 1. The summed E-state index contributed by atoms with van der Waals surface area (Å²) >= 11 is 1.63. The summed E-state index contributed by atoms with van der Waals surface area (Å²) in [6, 6.07) is 11.4. The number of nitrogens with two attached hydrogens (primary N) is 1. The van der Waals surface area contributed by atoms with Gasteiger partial charge in [0.1, 0.15) is 6.04 Å². The molecule has 0 saturated carbocycles. The molecule has 0 fully saturated rings. The summed E-state index contributed by atoms with van der Waals surface area (Å²) in [5.74, 6) is -0.359. The lowest BCUT2D eigenvalue weighted by molar-refractivity contribution is -0.144. The Morgan fingerprint density at radius 1 is 1.12 bits per heavy atom.